The Labute approximate surface area is 137 Å². The minimum atomic E-state index is -0.555. The summed E-state index contributed by atoms with van der Waals surface area (Å²) >= 11 is 5.81. The van der Waals surface area contributed by atoms with E-state index in [4.69, 9.17) is 11.6 Å². The van der Waals surface area contributed by atoms with Gasteiger partial charge in [0.15, 0.2) is 0 Å². The number of rotatable bonds is 3. The number of nitrogens with zero attached hydrogens (tertiary/aromatic N) is 1. The molecule has 0 fully saturated rings. The number of hydrogen-bond acceptors (Lipinski definition) is 2. The number of anilines is 1. The zero-order valence-electron chi connectivity index (χ0n) is 12.2. The van der Waals surface area contributed by atoms with Crippen LogP contribution in [0.4, 0.5) is 10.1 Å². The first kappa shape index (κ1) is 15.2. The third kappa shape index (κ3) is 3.40. The Balaban J connectivity index is 1.81. The summed E-state index contributed by atoms with van der Waals surface area (Å²) in [5.41, 5.74) is 2.93. The number of aromatic amines is 1. The maximum atomic E-state index is 13.7. The quantitative estimate of drug-likeness (QED) is 0.746. The van der Waals surface area contributed by atoms with E-state index in [0.717, 1.165) is 11.1 Å². The van der Waals surface area contributed by atoms with E-state index < -0.39 is 11.7 Å². The van der Waals surface area contributed by atoms with E-state index >= 15 is 0 Å². The Bertz CT molecular complexity index is 859. The molecule has 3 rings (SSSR count). The topological polar surface area (TPSA) is 57.8 Å². The van der Waals surface area contributed by atoms with E-state index in [9.17, 15) is 9.18 Å². The largest absolute Gasteiger partial charge is 0.318 e. The average molecular weight is 330 g/mol. The predicted molar refractivity (Wildman–Crippen MR) is 88.1 cm³/mol. The number of hydrogen-bond donors (Lipinski definition) is 2. The molecule has 0 saturated carbocycles. The zero-order chi connectivity index (χ0) is 16.4. The molecule has 0 spiro atoms. The van der Waals surface area contributed by atoms with Gasteiger partial charge in [-0.05, 0) is 31.2 Å². The van der Waals surface area contributed by atoms with Crippen LogP contribution in [0.3, 0.4) is 0 Å². The van der Waals surface area contributed by atoms with Gasteiger partial charge < -0.3 is 5.32 Å². The number of nitrogens with one attached hydrogen (secondary N) is 2. The van der Waals surface area contributed by atoms with E-state index in [1.807, 2.05) is 31.2 Å². The van der Waals surface area contributed by atoms with E-state index in [-0.39, 0.29) is 11.4 Å². The number of carbonyl (C=O) groups is 1. The second-order valence-corrected chi connectivity index (χ2v) is 5.55. The van der Waals surface area contributed by atoms with Crippen molar-refractivity contribution in [2.24, 2.45) is 0 Å². The van der Waals surface area contributed by atoms with Crippen LogP contribution in [0.1, 0.15) is 16.1 Å². The first-order chi connectivity index (χ1) is 11.0. The smallest absolute Gasteiger partial charge is 0.273 e. The van der Waals surface area contributed by atoms with Crippen molar-refractivity contribution in [1.82, 2.24) is 10.2 Å². The van der Waals surface area contributed by atoms with Gasteiger partial charge in [-0.2, -0.15) is 5.10 Å². The van der Waals surface area contributed by atoms with Gasteiger partial charge in [0.05, 0.1) is 11.4 Å². The van der Waals surface area contributed by atoms with Crippen LogP contribution in [-0.2, 0) is 0 Å². The summed E-state index contributed by atoms with van der Waals surface area (Å²) < 4.78 is 13.7. The lowest BCUT2D eigenvalue weighted by Crippen LogP contribution is -2.13. The predicted octanol–water partition coefficient (Wildman–Crippen LogP) is 4.43. The van der Waals surface area contributed by atoms with Crippen molar-refractivity contribution in [2.75, 3.05) is 5.32 Å². The van der Waals surface area contributed by atoms with Crippen LogP contribution in [0.15, 0.2) is 48.5 Å². The van der Waals surface area contributed by atoms with Crippen LogP contribution in [-0.4, -0.2) is 16.1 Å². The molecule has 0 aliphatic heterocycles. The Hall–Kier alpha value is -2.66. The Morgan fingerprint density at radius 2 is 1.91 bits per heavy atom. The lowest BCUT2D eigenvalue weighted by atomic mass is 10.1. The molecule has 0 radical (unpaired) electrons. The normalized spacial score (nSPS) is 10.6. The molecule has 0 unspecified atom stereocenters. The van der Waals surface area contributed by atoms with Crippen molar-refractivity contribution in [3.8, 4) is 11.3 Å². The van der Waals surface area contributed by atoms with Gasteiger partial charge in [0.25, 0.3) is 5.91 Å². The summed E-state index contributed by atoms with van der Waals surface area (Å²) in [6.07, 6.45) is 0. The highest BCUT2D eigenvalue weighted by molar-refractivity contribution is 6.31. The van der Waals surface area contributed by atoms with Crippen molar-refractivity contribution >= 4 is 23.2 Å². The molecule has 1 amide bonds. The molecule has 0 atom stereocenters. The minimum absolute atomic E-state index is 0.0222. The van der Waals surface area contributed by atoms with Crippen molar-refractivity contribution in [2.45, 2.75) is 6.92 Å². The minimum Gasteiger partial charge on any atom is -0.318 e. The highest BCUT2D eigenvalue weighted by atomic mass is 35.5. The van der Waals surface area contributed by atoms with Gasteiger partial charge in [-0.25, -0.2) is 4.39 Å². The molecule has 1 heterocycles. The van der Waals surface area contributed by atoms with Crippen LogP contribution in [0, 0.1) is 12.7 Å². The number of halogens is 2. The molecule has 3 aromatic rings. The molecule has 6 heteroatoms. The fourth-order valence-electron chi connectivity index (χ4n) is 2.09. The molecule has 0 saturated heterocycles. The van der Waals surface area contributed by atoms with Gasteiger partial charge in [0, 0.05) is 10.6 Å². The fourth-order valence-corrected chi connectivity index (χ4v) is 2.27. The molecule has 4 nitrogen and oxygen atoms in total. The van der Waals surface area contributed by atoms with Crippen molar-refractivity contribution in [3.63, 3.8) is 0 Å². The monoisotopic (exact) mass is 329 g/mol. The van der Waals surface area contributed by atoms with Crippen molar-refractivity contribution in [1.29, 1.82) is 0 Å². The number of aromatic nitrogens is 2. The molecule has 23 heavy (non-hydrogen) atoms. The molecule has 0 aliphatic rings. The number of carbonyl (C=O) groups excluding carboxylic acids is 1. The second-order valence-electron chi connectivity index (χ2n) is 5.11. The Morgan fingerprint density at radius 1 is 1.17 bits per heavy atom. The van der Waals surface area contributed by atoms with E-state index in [2.05, 4.69) is 15.5 Å². The third-order valence-electron chi connectivity index (χ3n) is 3.35. The first-order valence-corrected chi connectivity index (χ1v) is 7.29. The number of amides is 1. The van der Waals surface area contributed by atoms with Gasteiger partial charge in [-0.3, -0.25) is 9.89 Å². The molecule has 2 aromatic carbocycles. The Kier molecular flexibility index (Phi) is 4.12. The van der Waals surface area contributed by atoms with Crippen molar-refractivity contribution in [3.05, 3.63) is 70.6 Å². The lowest BCUT2D eigenvalue weighted by molar-refractivity contribution is 0.102. The van der Waals surface area contributed by atoms with Crippen LogP contribution in [0.5, 0.6) is 0 Å². The standard InChI is InChI=1S/C17H13ClFN3O/c1-10-2-4-11(5-3-10)14-9-16(22-21-14)17(23)20-15-8-12(18)6-7-13(15)19/h2-9H,1H3,(H,20,23)(H,21,22). The molecular weight excluding hydrogens is 317 g/mol. The molecule has 2 N–H and O–H groups in total. The van der Waals surface area contributed by atoms with E-state index in [1.165, 1.54) is 18.2 Å². The van der Waals surface area contributed by atoms with Gasteiger partial charge in [0.2, 0.25) is 0 Å². The van der Waals surface area contributed by atoms with Gasteiger partial charge in [-0.15, -0.1) is 0 Å². The molecule has 0 bridgehead atoms. The summed E-state index contributed by atoms with van der Waals surface area (Å²) in [6.45, 7) is 1.99. The zero-order valence-corrected chi connectivity index (χ0v) is 13.0. The number of H-pyrrole nitrogens is 1. The van der Waals surface area contributed by atoms with E-state index in [0.29, 0.717) is 10.7 Å². The lowest BCUT2D eigenvalue weighted by Gasteiger charge is -2.05. The molecule has 0 aliphatic carbocycles. The highest BCUT2D eigenvalue weighted by Gasteiger charge is 2.13. The van der Waals surface area contributed by atoms with Crippen LogP contribution < -0.4 is 5.32 Å². The second kappa shape index (κ2) is 6.22. The van der Waals surface area contributed by atoms with Gasteiger partial charge in [0.1, 0.15) is 11.5 Å². The molecule has 1 aromatic heterocycles. The summed E-state index contributed by atoms with van der Waals surface area (Å²) in [5, 5.41) is 9.58. The van der Waals surface area contributed by atoms with Crippen LogP contribution in [0.2, 0.25) is 5.02 Å². The summed E-state index contributed by atoms with van der Waals surface area (Å²) in [6, 6.07) is 13.3. The fraction of sp³-hybridized carbons (Fsp3) is 0.0588. The van der Waals surface area contributed by atoms with Gasteiger partial charge >= 0.3 is 0 Å². The summed E-state index contributed by atoms with van der Waals surface area (Å²) in [4.78, 5) is 12.2. The Morgan fingerprint density at radius 3 is 2.65 bits per heavy atom. The van der Waals surface area contributed by atoms with Gasteiger partial charge in [-0.1, -0.05) is 41.4 Å². The van der Waals surface area contributed by atoms with Crippen LogP contribution in [0.25, 0.3) is 11.3 Å². The molecule has 116 valence electrons. The van der Waals surface area contributed by atoms with E-state index in [1.54, 1.807) is 6.07 Å². The SMILES string of the molecule is Cc1ccc(-c2cc(C(=O)Nc3cc(Cl)ccc3F)[nH]n2)cc1. The molecular formula is C17H13ClFN3O. The highest BCUT2D eigenvalue weighted by Crippen LogP contribution is 2.21. The third-order valence-corrected chi connectivity index (χ3v) is 3.58. The average Bonchev–Trinajstić information content (AvgIpc) is 3.02. The number of benzene rings is 2. The maximum Gasteiger partial charge on any atom is 0.273 e. The number of aryl methyl sites for hydroxylation is 1. The maximum absolute atomic E-state index is 13.7. The summed E-state index contributed by atoms with van der Waals surface area (Å²) in [5.74, 6) is -1.04. The first-order valence-electron chi connectivity index (χ1n) is 6.92. The van der Waals surface area contributed by atoms with Crippen LogP contribution >= 0.6 is 11.6 Å². The summed E-state index contributed by atoms with van der Waals surface area (Å²) in [7, 11) is 0. The van der Waals surface area contributed by atoms with Crippen molar-refractivity contribution < 1.29 is 9.18 Å².